The Bertz CT molecular complexity index is 549. The summed E-state index contributed by atoms with van der Waals surface area (Å²) in [6.07, 6.45) is 0.838. The second-order valence-corrected chi connectivity index (χ2v) is 4.57. The van der Waals surface area contributed by atoms with Gasteiger partial charge in [-0.1, -0.05) is 37.3 Å². The molecule has 1 unspecified atom stereocenters. The molecule has 3 heteroatoms. The first-order chi connectivity index (χ1) is 9.74. The lowest BCUT2D eigenvalue weighted by atomic mass is 10.0. The Morgan fingerprint density at radius 1 is 1.10 bits per heavy atom. The average molecular weight is 269 g/mol. The first kappa shape index (κ1) is 14.1. The normalized spacial score (nSPS) is 11.7. The Morgan fingerprint density at radius 2 is 1.75 bits per heavy atom. The quantitative estimate of drug-likeness (QED) is 0.901. The zero-order valence-electron chi connectivity index (χ0n) is 11.8. The largest absolute Gasteiger partial charge is 0.497 e. The summed E-state index contributed by atoms with van der Waals surface area (Å²) >= 11 is 0. The first-order valence-corrected chi connectivity index (χ1v) is 6.74. The monoisotopic (exact) mass is 269 g/mol. The maximum absolute atomic E-state index is 12.2. The van der Waals surface area contributed by atoms with E-state index in [2.05, 4.69) is 12.2 Å². The molecule has 0 heterocycles. The summed E-state index contributed by atoms with van der Waals surface area (Å²) in [6.45, 7) is 2.06. The number of methoxy groups -OCH3 is 1. The summed E-state index contributed by atoms with van der Waals surface area (Å²) in [5.74, 6) is 0.770. The number of ether oxygens (including phenoxy) is 1. The minimum Gasteiger partial charge on any atom is -0.497 e. The fourth-order valence-corrected chi connectivity index (χ4v) is 2.09. The van der Waals surface area contributed by atoms with Crippen LogP contribution in [0.15, 0.2) is 54.6 Å². The molecule has 2 aromatic rings. The number of amides is 1. The van der Waals surface area contributed by atoms with Gasteiger partial charge in [-0.2, -0.15) is 0 Å². The number of rotatable bonds is 5. The number of hydrogen-bond acceptors (Lipinski definition) is 2. The minimum atomic E-state index is -0.0479. The molecule has 3 nitrogen and oxygen atoms in total. The van der Waals surface area contributed by atoms with E-state index in [1.165, 1.54) is 0 Å². The van der Waals surface area contributed by atoms with Gasteiger partial charge in [0.05, 0.1) is 13.2 Å². The van der Waals surface area contributed by atoms with E-state index in [0.717, 1.165) is 17.7 Å². The third-order valence-corrected chi connectivity index (χ3v) is 3.27. The average Bonchev–Trinajstić information content (AvgIpc) is 2.53. The molecule has 2 rings (SSSR count). The molecule has 0 saturated heterocycles. The molecule has 0 aliphatic rings. The second kappa shape index (κ2) is 6.75. The second-order valence-electron chi connectivity index (χ2n) is 4.57. The molecule has 20 heavy (non-hydrogen) atoms. The molecule has 0 fully saturated rings. The van der Waals surface area contributed by atoms with Gasteiger partial charge in [0, 0.05) is 5.56 Å². The number of nitrogens with one attached hydrogen (secondary N) is 1. The molecule has 1 amide bonds. The maximum Gasteiger partial charge on any atom is 0.251 e. The maximum atomic E-state index is 12.2. The van der Waals surface area contributed by atoms with Gasteiger partial charge in [-0.3, -0.25) is 4.79 Å². The molecule has 2 aromatic carbocycles. The molecular weight excluding hydrogens is 250 g/mol. The molecule has 0 spiro atoms. The predicted molar refractivity (Wildman–Crippen MR) is 79.9 cm³/mol. The van der Waals surface area contributed by atoms with Crippen molar-refractivity contribution in [2.24, 2.45) is 0 Å². The van der Waals surface area contributed by atoms with Gasteiger partial charge in [-0.15, -0.1) is 0 Å². The van der Waals surface area contributed by atoms with Crippen LogP contribution in [0.4, 0.5) is 0 Å². The van der Waals surface area contributed by atoms with Crippen molar-refractivity contribution in [2.45, 2.75) is 19.4 Å². The summed E-state index contributed by atoms with van der Waals surface area (Å²) in [4.78, 5) is 12.2. The van der Waals surface area contributed by atoms with E-state index < -0.39 is 0 Å². The zero-order chi connectivity index (χ0) is 14.4. The van der Waals surface area contributed by atoms with E-state index in [9.17, 15) is 4.79 Å². The molecule has 0 bridgehead atoms. The van der Waals surface area contributed by atoms with Crippen LogP contribution < -0.4 is 10.1 Å². The first-order valence-electron chi connectivity index (χ1n) is 6.74. The lowest BCUT2D eigenvalue weighted by Gasteiger charge is -2.18. The highest BCUT2D eigenvalue weighted by Gasteiger charge is 2.13. The van der Waals surface area contributed by atoms with Crippen LogP contribution in [0.5, 0.6) is 5.75 Å². The predicted octanol–water partition coefficient (Wildman–Crippen LogP) is 3.58. The van der Waals surface area contributed by atoms with Crippen LogP contribution in [0.2, 0.25) is 0 Å². The molecule has 1 N–H and O–H groups in total. The SMILES string of the molecule is CCC(NC(=O)c1ccccc1)c1ccc(OC)cc1. The Kier molecular flexibility index (Phi) is 4.77. The van der Waals surface area contributed by atoms with E-state index in [0.29, 0.717) is 5.56 Å². The summed E-state index contributed by atoms with van der Waals surface area (Å²) in [7, 11) is 1.64. The third-order valence-electron chi connectivity index (χ3n) is 3.27. The topological polar surface area (TPSA) is 38.3 Å². The van der Waals surface area contributed by atoms with Crippen molar-refractivity contribution in [1.29, 1.82) is 0 Å². The molecule has 1 atom stereocenters. The summed E-state index contributed by atoms with van der Waals surface area (Å²) < 4.78 is 5.15. The number of hydrogen-bond donors (Lipinski definition) is 1. The fraction of sp³-hybridized carbons (Fsp3) is 0.235. The van der Waals surface area contributed by atoms with Crippen molar-refractivity contribution < 1.29 is 9.53 Å². The molecule has 0 radical (unpaired) electrons. The van der Waals surface area contributed by atoms with Gasteiger partial charge < -0.3 is 10.1 Å². The standard InChI is InChI=1S/C17H19NO2/c1-3-16(13-9-11-15(20-2)12-10-13)18-17(19)14-7-5-4-6-8-14/h4-12,16H,3H2,1-2H3,(H,18,19). The van der Waals surface area contributed by atoms with Crippen molar-refractivity contribution in [3.63, 3.8) is 0 Å². The van der Waals surface area contributed by atoms with Crippen LogP contribution in [0, 0.1) is 0 Å². The van der Waals surface area contributed by atoms with Crippen LogP contribution >= 0.6 is 0 Å². The smallest absolute Gasteiger partial charge is 0.251 e. The van der Waals surface area contributed by atoms with Crippen LogP contribution in [-0.4, -0.2) is 13.0 Å². The summed E-state index contributed by atoms with van der Waals surface area (Å²) in [5, 5.41) is 3.06. The highest BCUT2D eigenvalue weighted by molar-refractivity contribution is 5.94. The Labute approximate surface area is 119 Å². The summed E-state index contributed by atoms with van der Waals surface area (Å²) in [6, 6.07) is 17.1. The Morgan fingerprint density at radius 3 is 2.30 bits per heavy atom. The van der Waals surface area contributed by atoms with Crippen LogP contribution in [0.25, 0.3) is 0 Å². The van der Waals surface area contributed by atoms with Crippen LogP contribution in [0.1, 0.15) is 35.3 Å². The van der Waals surface area contributed by atoms with Crippen molar-refractivity contribution in [3.05, 3.63) is 65.7 Å². The van der Waals surface area contributed by atoms with Gasteiger partial charge in [-0.05, 0) is 36.2 Å². The van der Waals surface area contributed by atoms with Crippen molar-refractivity contribution >= 4 is 5.91 Å². The van der Waals surface area contributed by atoms with E-state index in [-0.39, 0.29) is 11.9 Å². The highest BCUT2D eigenvalue weighted by atomic mass is 16.5. The molecule has 0 aliphatic heterocycles. The molecule has 0 saturated carbocycles. The molecule has 0 aromatic heterocycles. The number of carbonyl (C=O) groups is 1. The van der Waals surface area contributed by atoms with Gasteiger partial charge >= 0.3 is 0 Å². The van der Waals surface area contributed by atoms with E-state index in [1.807, 2.05) is 54.6 Å². The fourth-order valence-electron chi connectivity index (χ4n) is 2.09. The van der Waals surface area contributed by atoms with E-state index >= 15 is 0 Å². The van der Waals surface area contributed by atoms with E-state index in [1.54, 1.807) is 7.11 Å². The third kappa shape index (κ3) is 3.38. The van der Waals surface area contributed by atoms with Crippen molar-refractivity contribution in [1.82, 2.24) is 5.32 Å². The van der Waals surface area contributed by atoms with Crippen molar-refractivity contribution in [2.75, 3.05) is 7.11 Å². The highest BCUT2D eigenvalue weighted by Crippen LogP contribution is 2.20. The molecular formula is C17H19NO2. The minimum absolute atomic E-state index is 0.00797. The van der Waals surface area contributed by atoms with Crippen LogP contribution in [0.3, 0.4) is 0 Å². The zero-order valence-corrected chi connectivity index (χ0v) is 11.8. The van der Waals surface area contributed by atoms with Gasteiger partial charge in [0.1, 0.15) is 5.75 Å². The van der Waals surface area contributed by atoms with Gasteiger partial charge in [-0.25, -0.2) is 0 Å². The Balaban J connectivity index is 2.10. The lowest BCUT2D eigenvalue weighted by molar-refractivity contribution is 0.0935. The summed E-state index contributed by atoms with van der Waals surface area (Å²) in [5.41, 5.74) is 1.76. The van der Waals surface area contributed by atoms with E-state index in [4.69, 9.17) is 4.74 Å². The van der Waals surface area contributed by atoms with Gasteiger partial charge in [0.25, 0.3) is 5.91 Å². The molecule has 0 aliphatic carbocycles. The van der Waals surface area contributed by atoms with Crippen molar-refractivity contribution in [3.8, 4) is 5.75 Å². The number of carbonyl (C=O) groups excluding carboxylic acids is 1. The molecule has 104 valence electrons. The lowest BCUT2D eigenvalue weighted by Crippen LogP contribution is -2.28. The van der Waals surface area contributed by atoms with Crippen LogP contribution in [-0.2, 0) is 0 Å². The van der Waals surface area contributed by atoms with Gasteiger partial charge in [0.15, 0.2) is 0 Å². The van der Waals surface area contributed by atoms with Gasteiger partial charge in [0.2, 0.25) is 0 Å². The Hall–Kier alpha value is -2.29. The number of benzene rings is 2.